The monoisotopic (exact) mass is 451 g/mol. The molecule has 1 aliphatic rings. The van der Waals surface area contributed by atoms with Gasteiger partial charge in [-0.05, 0) is 31.0 Å². The van der Waals surface area contributed by atoms with Gasteiger partial charge in [-0.2, -0.15) is 0 Å². The van der Waals surface area contributed by atoms with E-state index in [4.69, 9.17) is 9.15 Å². The molecule has 0 unspecified atom stereocenters. The Morgan fingerprint density at radius 1 is 1.10 bits per heavy atom. The Morgan fingerprint density at radius 2 is 1.97 bits per heavy atom. The minimum absolute atomic E-state index is 0.255. The van der Waals surface area contributed by atoms with Crippen molar-refractivity contribution in [2.75, 3.05) is 11.5 Å². The molecular weight excluding hydrogens is 430 g/mol. The summed E-state index contributed by atoms with van der Waals surface area (Å²) in [4.78, 5) is 0. The number of ether oxygens (including phenoxy) is 1. The zero-order valence-corrected chi connectivity index (χ0v) is 18.8. The second kappa shape index (κ2) is 8.76. The van der Waals surface area contributed by atoms with Gasteiger partial charge in [0.15, 0.2) is 17.6 Å². The van der Waals surface area contributed by atoms with Crippen molar-refractivity contribution in [2.24, 2.45) is 0 Å². The van der Waals surface area contributed by atoms with Gasteiger partial charge in [0.2, 0.25) is 0 Å². The largest absolute Gasteiger partial charge is 0.484 e. The minimum Gasteiger partial charge on any atom is -0.484 e. The summed E-state index contributed by atoms with van der Waals surface area (Å²) in [5.74, 6) is 3.97. The minimum atomic E-state index is 0.255. The maximum absolute atomic E-state index is 5.87. The van der Waals surface area contributed by atoms with Crippen LogP contribution < -0.4 is 4.74 Å². The van der Waals surface area contributed by atoms with Gasteiger partial charge in [-0.3, -0.25) is 4.57 Å². The Morgan fingerprint density at radius 3 is 2.84 bits per heavy atom. The molecule has 3 heterocycles. The highest BCUT2D eigenvalue weighted by atomic mass is 32.2. The first-order chi connectivity index (χ1) is 15.2. The van der Waals surface area contributed by atoms with Crippen molar-refractivity contribution in [2.45, 2.75) is 36.9 Å². The quantitative estimate of drug-likeness (QED) is 0.365. The van der Waals surface area contributed by atoms with E-state index in [0.29, 0.717) is 11.1 Å². The lowest BCUT2D eigenvalue weighted by molar-refractivity contribution is 0.250. The van der Waals surface area contributed by atoms with Gasteiger partial charge in [0.1, 0.15) is 5.75 Å². The summed E-state index contributed by atoms with van der Waals surface area (Å²) in [7, 11) is 0. The molecule has 4 aromatic rings. The second-order valence-electron chi connectivity index (χ2n) is 7.34. The van der Waals surface area contributed by atoms with E-state index in [1.165, 1.54) is 0 Å². The first-order valence-corrected chi connectivity index (χ1v) is 11.9. The maximum Gasteiger partial charge on any atom is 0.276 e. The van der Waals surface area contributed by atoms with E-state index in [-0.39, 0.29) is 12.6 Å². The van der Waals surface area contributed by atoms with Crippen molar-refractivity contribution in [3.63, 3.8) is 0 Å². The molecule has 0 saturated carbocycles. The molecule has 0 N–H and O–H groups in total. The number of rotatable bonds is 7. The SMILES string of the molecule is Cc1ccc(C)c(OCc2nnc(SC[C@H]3CSc4nnc(-c5ccccc5)n43)o2)c1. The molecule has 0 saturated heterocycles. The lowest BCUT2D eigenvalue weighted by atomic mass is 10.1. The van der Waals surface area contributed by atoms with Crippen LogP contribution in [-0.2, 0) is 6.61 Å². The fraction of sp³-hybridized carbons (Fsp3) is 0.273. The third-order valence-corrected chi connectivity index (χ3v) is 7.06. The molecule has 0 amide bonds. The van der Waals surface area contributed by atoms with Crippen molar-refractivity contribution < 1.29 is 9.15 Å². The number of benzene rings is 2. The standard InChI is InChI=1S/C22H21N5O2S2/c1-14-8-9-15(2)18(10-14)28-11-19-23-26-22(29-19)31-13-17-12-30-21-25-24-20(27(17)21)16-6-4-3-5-7-16/h3-10,17H,11-13H2,1-2H3/t17-/m1/s1. The molecule has 2 aromatic carbocycles. The second-order valence-corrected chi connectivity index (χ2v) is 9.30. The molecule has 0 aliphatic carbocycles. The summed E-state index contributed by atoms with van der Waals surface area (Å²) in [5.41, 5.74) is 3.31. The van der Waals surface area contributed by atoms with Crippen molar-refractivity contribution in [3.05, 3.63) is 65.5 Å². The molecule has 7 nitrogen and oxygen atoms in total. The summed E-state index contributed by atoms with van der Waals surface area (Å²) in [6.07, 6.45) is 0. The van der Waals surface area contributed by atoms with Crippen molar-refractivity contribution in [1.82, 2.24) is 25.0 Å². The van der Waals surface area contributed by atoms with Gasteiger partial charge in [0.05, 0.1) is 6.04 Å². The van der Waals surface area contributed by atoms with Gasteiger partial charge in [0, 0.05) is 17.1 Å². The zero-order valence-electron chi connectivity index (χ0n) is 17.2. The third kappa shape index (κ3) is 4.33. The smallest absolute Gasteiger partial charge is 0.276 e. The average molecular weight is 452 g/mol. The fourth-order valence-corrected chi connectivity index (χ4v) is 5.47. The Hall–Kier alpha value is -2.78. The van der Waals surface area contributed by atoms with E-state index >= 15 is 0 Å². The van der Waals surface area contributed by atoms with Crippen molar-refractivity contribution in [1.29, 1.82) is 0 Å². The molecule has 2 aromatic heterocycles. The molecule has 1 aliphatic heterocycles. The summed E-state index contributed by atoms with van der Waals surface area (Å²) >= 11 is 3.28. The van der Waals surface area contributed by atoms with Crippen LogP contribution in [0.25, 0.3) is 11.4 Å². The van der Waals surface area contributed by atoms with E-state index < -0.39 is 0 Å². The topological polar surface area (TPSA) is 78.9 Å². The van der Waals surface area contributed by atoms with E-state index in [1.807, 2.05) is 44.2 Å². The number of aryl methyl sites for hydroxylation is 2. The molecule has 158 valence electrons. The van der Waals surface area contributed by atoms with Crippen LogP contribution >= 0.6 is 23.5 Å². The summed E-state index contributed by atoms with van der Waals surface area (Å²) < 4.78 is 13.9. The molecule has 5 rings (SSSR count). The zero-order chi connectivity index (χ0) is 21.2. The predicted molar refractivity (Wildman–Crippen MR) is 120 cm³/mol. The van der Waals surface area contributed by atoms with E-state index in [9.17, 15) is 0 Å². The summed E-state index contributed by atoms with van der Waals surface area (Å²) in [5, 5.41) is 18.6. The number of hydrogen-bond acceptors (Lipinski definition) is 8. The van der Waals surface area contributed by atoms with Crippen LogP contribution in [0.5, 0.6) is 5.75 Å². The third-order valence-electron chi connectivity index (χ3n) is 5.01. The normalized spacial score (nSPS) is 15.2. The first-order valence-electron chi connectivity index (χ1n) is 9.96. The predicted octanol–water partition coefficient (Wildman–Crippen LogP) is 4.96. The van der Waals surface area contributed by atoms with Crippen LogP contribution in [0.2, 0.25) is 0 Å². The number of hydrogen-bond donors (Lipinski definition) is 0. The Kier molecular flexibility index (Phi) is 5.69. The van der Waals surface area contributed by atoms with Crippen LogP contribution in [0.4, 0.5) is 0 Å². The van der Waals surface area contributed by atoms with Crippen LogP contribution in [0.1, 0.15) is 23.1 Å². The summed E-state index contributed by atoms with van der Waals surface area (Å²) in [6, 6.07) is 16.5. The lowest BCUT2D eigenvalue weighted by Gasteiger charge is -2.13. The molecule has 31 heavy (non-hydrogen) atoms. The van der Waals surface area contributed by atoms with Crippen LogP contribution in [0, 0.1) is 13.8 Å². The van der Waals surface area contributed by atoms with E-state index in [2.05, 4.69) is 43.2 Å². The van der Waals surface area contributed by atoms with Crippen LogP contribution in [0.15, 0.2) is 63.3 Å². The molecule has 9 heteroatoms. The first kappa shape index (κ1) is 20.1. The van der Waals surface area contributed by atoms with E-state index in [0.717, 1.165) is 44.9 Å². The van der Waals surface area contributed by atoms with Gasteiger partial charge in [0.25, 0.3) is 11.1 Å². The van der Waals surface area contributed by atoms with Crippen molar-refractivity contribution >= 4 is 23.5 Å². The van der Waals surface area contributed by atoms with Crippen molar-refractivity contribution in [3.8, 4) is 17.1 Å². The average Bonchev–Trinajstić information content (AvgIpc) is 3.50. The summed E-state index contributed by atoms with van der Waals surface area (Å²) in [6.45, 7) is 4.32. The van der Waals surface area contributed by atoms with Gasteiger partial charge < -0.3 is 9.15 Å². The van der Waals surface area contributed by atoms with Crippen LogP contribution in [-0.4, -0.2) is 36.5 Å². The molecule has 0 spiro atoms. The highest BCUT2D eigenvalue weighted by Gasteiger charge is 2.29. The van der Waals surface area contributed by atoms with Gasteiger partial charge >= 0.3 is 0 Å². The highest BCUT2D eigenvalue weighted by molar-refractivity contribution is 8.00. The lowest BCUT2D eigenvalue weighted by Crippen LogP contribution is -2.11. The number of thioether (sulfide) groups is 2. The maximum atomic E-state index is 5.87. The molecular formula is C22H21N5O2S2. The Labute approximate surface area is 188 Å². The number of nitrogens with zero attached hydrogens (tertiary/aromatic N) is 5. The molecule has 1 atom stereocenters. The Bertz CT molecular complexity index is 1190. The van der Waals surface area contributed by atoms with Gasteiger partial charge in [-0.15, -0.1) is 20.4 Å². The number of fused-ring (bicyclic) bond motifs is 1. The number of aromatic nitrogens is 5. The molecule has 0 fully saturated rings. The van der Waals surface area contributed by atoms with Gasteiger partial charge in [-0.25, -0.2) is 0 Å². The van der Waals surface area contributed by atoms with Crippen LogP contribution in [0.3, 0.4) is 0 Å². The fourth-order valence-electron chi connectivity index (χ4n) is 3.38. The Balaban J connectivity index is 1.22. The molecule has 0 bridgehead atoms. The van der Waals surface area contributed by atoms with E-state index in [1.54, 1.807) is 23.5 Å². The highest BCUT2D eigenvalue weighted by Crippen LogP contribution is 2.38. The van der Waals surface area contributed by atoms with Gasteiger partial charge in [-0.1, -0.05) is 66.0 Å². The molecule has 0 radical (unpaired) electrons.